The first-order valence-electron chi connectivity index (χ1n) is 10.7. The Hall–Kier alpha value is -4.08. The van der Waals surface area contributed by atoms with E-state index < -0.39 is 0 Å². The first-order chi connectivity index (χ1) is 17.0. The molecule has 0 bridgehead atoms. The zero-order chi connectivity index (χ0) is 24.1. The van der Waals surface area contributed by atoms with Crippen LogP contribution in [0.2, 0.25) is 0 Å². The molecule has 172 valence electrons. The maximum atomic E-state index is 12.4. The quantitative estimate of drug-likeness (QED) is 0.280. The summed E-state index contributed by atoms with van der Waals surface area (Å²) in [6.45, 7) is 1.38. The lowest BCUT2D eigenvalue weighted by Crippen LogP contribution is -2.15. The monoisotopic (exact) mass is 499 g/mol. The van der Waals surface area contributed by atoms with Crippen molar-refractivity contribution in [3.63, 3.8) is 0 Å². The standard InChI is InChI=1S/C26H17N3O4S2/c1-13(30)10-20(31)28-26-22-17(12-35-26)15-7-3-5-9-19(15)33-24(22)29-25-21-16(11-34-25)14-6-2-4-8-18(14)32-23(21)27/h2-9,11-12,27H,10H2,1H3,(H,28,31)/b27-23?,29-24+. The van der Waals surface area contributed by atoms with Gasteiger partial charge in [-0.25, -0.2) is 4.99 Å². The van der Waals surface area contributed by atoms with Crippen LogP contribution in [-0.2, 0) is 9.59 Å². The molecule has 6 rings (SSSR count). The van der Waals surface area contributed by atoms with Crippen molar-refractivity contribution in [3.8, 4) is 0 Å². The molecule has 0 aliphatic heterocycles. The number of para-hydroxylation sites is 2. The third kappa shape index (κ3) is 3.65. The summed E-state index contributed by atoms with van der Waals surface area (Å²) in [5.74, 6) is -0.604. The molecule has 4 aromatic heterocycles. The number of fused-ring (bicyclic) bond motifs is 6. The van der Waals surface area contributed by atoms with Gasteiger partial charge in [-0.15, -0.1) is 22.7 Å². The lowest BCUT2D eigenvalue weighted by molar-refractivity contribution is -0.124. The number of benzene rings is 2. The van der Waals surface area contributed by atoms with Gasteiger partial charge in [0.15, 0.2) is 0 Å². The van der Waals surface area contributed by atoms with E-state index >= 15 is 0 Å². The molecule has 4 heterocycles. The average Bonchev–Trinajstić information content (AvgIpc) is 3.44. The van der Waals surface area contributed by atoms with Crippen molar-refractivity contribution >= 4 is 87.8 Å². The number of nitrogens with one attached hydrogen (secondary N) is 2. The summed E-state index contributed by atoms with van der Waals surface area (Å²) >= 11 is 2.75. The lowest BCUT2D eigenvalue weighted by atomic mass is 10.1. The predicted molar refractivity (Wildman–Crippen MR) is 138 cm³/mol. The van der Waals surface area contributed by atoms with Gasteiger partial charge in [0.2, 0.25) is 17.0 Å². The highest BCUT2D eigenvalue weighted by atomic mass is 32.1. The molecule has 6 aromatic rings. The van der Waals surface area contributed by atoms with Crippen molar-refractivity contribution in [1.82, 2.24) is 0 Å². The number of anilines is 1. The summed E-state index contributed by atoms with van der Waals surface area (Å²) in [4.78, 5) is 28.6. The Morgan fingerprint density at radius 1 is 0.886 bits per heavy atom. The number of hydrogen-bond donors (Lipinski definition) is 2. The number of thiophene rings is 2. The van der Waals surface area contributed by atoms with Crippen LogP contribution in [0.1, 0.15) is 13.3 Å². The Bertz CT molecular complexity index is 1940. The summed E-state index contributed by atoms with van der Waals surface area (Å²) in [5.41, 5.74) is 1.63. The van der Waals surface area contributed by atoms with Crippen molar-refractivity contribution < 1.29 is 18.4 Å². The van der Waals surface area contributed by atoms with E-state index in [1.54, 1.807) is 0 Å². The number of carbonyl (C=O) groups is 2. The van der Waals surface area contributed by atoms with Crippen molar-refractivity contribution in [3.05, 3.63) is 70.4 Å². The molecule has 0 atom stereocenters. The summed E-state index contributed by atoms with van der Waals surface area (Å²) in [6, 6.07) is 15.2. The van der Waals surface area contributed by atoms with Crippen LogP contribution >= 0.6 is 22.7 Å². The van der Waals surface area contributed by atoms with Gasteiger partial charge in [0.1, 0.15) is 27.0 Å². The Morgan fingerprint density at radius 2 is 1.51 bits per heavy atom. The zero-order valence-corrected chi connectivity index (χ0v) is 20.0. The van der Waals surface area contributed by atoms with Crippen LogP contribution in [-0.4, -0.2) is 11.7 Å². The molecule has 0 aliphatic rings. The predicted octanol–water partition coefficient (Wildman–Crippen LogP) is 6.24. The minimum atomic E-state index is -0.388. The fraction of sp³-hybridized carbons (Fsp3) is 0.0769. The summed E-state index contributed by atoms with van der Waals surface area (Å²) in [5, 5.41) is 21.2. The summed E-state index contributed by atoms with van der Waals surface area (Å²) < 4.78 is 12.0. The maximum Gasteiger partial charge on any atom is 0.232 e. The van der Waals surface area contributed by atoms with Crippen LogP contribution in [0, 0.1) is 5.41 Å². The molecule has 1 amide bonds. The van der Waals surface area contributed by atoms with Crippen LogP contribution < -0.4 is 16.4 Å². The Kier molecular flexibility index (Phi) is 5.09. The van der Waals surface area contributed by atoms with Gasteiger partial charge >= 0.3 is 0 Å². The fourth-order valence-electron chi connectivity index (χ4n) is 4.15. The van der Waals surface area contributed by atoms with E-state index in [-0.39, 0.29) is 23.7 Å². The van der Waals surface area contributed by atoms with E-state index in [2.05, 4.69) is 5.32 Å². The average molecular weight is 500 g/mol. The van der Waals surface area contributed by atoms with E-state index in [9.17, 15) is 9.59 Å². The van der Waals surface area contributed by atoms with Crippen LogP contribution in [0.15, 0.2) is 73.1 Å². The van der Waals surface area contributed by atoms with Crippen LogP contribution in [0.4, 0.5) is 10.0 Å². The number of ketones is 1. The molecule has 0 radical (unpaired) electrons. The highest BCUT2D eigenvalue weighted by Crippen LogP contribution is 2.37. The molecule has 0 saturated carbocycles. The Morgan fingerprint density at radius 3 is 2.23 bits per heavy atom. The molecule has 0 fully saturated rings. The smallest absolute Gasteiger partial charge is 0.232 e. The van der Waals surface area contributed by atoms with E-state index in [4.69, 9.17) is 19.2 Å². The van der Waals surface area contributed by atoms with Crippen molar-refractivity contribution in [2.75, 3.05) is 5.32 Å². The first kappa shape index (κ1) is 21.5. The molecule has 2 N–H and O–H groups in total. The molecule has 0 spiro atoms. The molecular weight excluding hydrogens is 482 g/mol. The second kappa shape index (κ2) is 8.30. The number of hydrogen-bond acceptors (Lipinski definition) is 8. The van der Waals surface area contributed by atoms with Crippen LogP contribution in [0.25, 0.3) is 43.5 Å². The van der Waals surface area contributed by atoms with E-state index in [0.29, 0.717) is 37.5 Å². The molecule has 2 aromatic carbocycles. The number of nitrogens with zero attached hydrogens (tertiary/aromatic N) is 1. The normalized spacial score (nSPS) is 12.2. The van der Waals surface area contributed by atoms with Gasteiger partial charge in [-0.2, -0.15) is 0 Å². The maximum absolute atomic E-state index is 12.4. The molecule has 0 aliphatic carbocycles. The Balaban J connectivity index is 1.64. The van der Waals surface area contributed by atoms with Crippen LogP contribution in [0.3, 0.4) is 0 Å². The van der Waals surface area contributed by atoms with Gasteiger partial charge in [0.25, 0.3) is 0 Å². The van der Waals surface area contributed by atoms with Gasteiger partial charge in [0, 0.05) is 32.3 Å². The number of carbonyl (C=O) groups excluding carboxylic acids is 2. The highest BCUT2D eigenvalue weighted by molar-refractivity contribution is 7.16. The topological polar surface area (TPSA) is 109 Å². The molecular formula is C26H17N3O4S2. The minimum Gasteiger partial charge on any atom is -0.438 e. The molecule has 35 heavy (non-hydrogen) atoms. The largest absolute Gasteiger partial charge is 0.438 e. The SMILES string of the molecule is CC(=O)CC(=O)Nc1scc2c1/c(=N\c1scc3c1c(=N)oc1ccccc13)oc1ccccc12. The lowest BCUT2D eigenvalue weighted by Gasteiger charge is -2.04. The fourth-order valence-corrected chi connectivity index (χ4v) is 6.05. The van der Waals surface area contributed by atoms with Crippen molar-refractivity contribution in [2.24, 2.45) is 4.99 Å². The van der Waals surface area contributed by atoms with E-state index in [1.807, 2.05) is 59.3 Å². The highest BCUT2D eigenvalue weighted by Gasteiger charge is 2.17. The first-order valence-corrected chi connectivity index (χ1v) is 12.5. The second-order valence-electron chi connectivity index (χ2n) is 8.05. The zero-order valence-electron chi connectivity index (χ0n) is 18.4. The molecule has 0 saturated heterocycles. The van der Waals surface area contributed by atoms with E-state index in [0.717, 1.165) is 21.5 Å². The van der Waals surface area contributed by atoms with E-state index in [1.165, 1.54) is 29.6 Å². The van der Waals surface area contributed by atoms with Gasteiger partial charge in [-0.1, -0.05) is 36.4 Å². The van der Waals surface area contributed by atoms with Gasteiger partial charge in [-0.05, 0) is 19.1 Å². The molecule has 9 heteroatoms. The van der Waals surface area contributed by atoms with Gasteiger partial charge in [-0.3, -0.25) is 15.0 Å². The molecule has 0 unspecified atom stereocenters. The van der Waals surface area contributed by atoms with Crippen LogP contribution in [0.5, 0.6) is 0 Å². The third-order valence-electron chi connectivity index (χ3n) is 5.64. The van der Waals surface area contributed by atoms with Gasteiger partial charge in [0.05, 0.1) is 17.2 Å². The number of amides is 1. The number of rotatable bonds is 4. The van der Waals surface area contributed by atoms with Gasteiger partial charge < -0.3 is 14.2 Å². The Labute approximate surface area is 205 Å². The number of Topliss-reactive ketones (excluding diaryl/α,β-unsaturated/α-hetero) is 1. The van der Waals surface area contributed by atoms with Crippen molar-refractivity contribution in [1.29, 1.82) is 5.41 Å². The summed E-state index contributed by atoms with van der Waals surface area (Å²) in [6.07, 6.45) is -0.205. The minimum absolute atomic E-state index is 0.0241. The van der Waals surface area contributed by atoms with Crippen molar-refractivity contribution in [2.45, 2.75) is 13.3 Å². The second-order valence-corrected chi connectivity index (χ2v) is 9.79. The third-order valence-corrected chi connectivity index (χ3v) is 7.41. The molecule has 7 nitrogen and oxygen atoms in total. The summed E-state index contributed by atoms with van der Waals surface area (Å²) in [7, 11) is 0.